The van der Waals surface area contributed by atoms with Crippen LogP contribution >= 0.6 is 0 Å². The summed E-state index contributed by atoms with van der Waals surface area (Å²) in [7, 11) is 1.65. The van der Waals surface area contributed by atoms with E-state index in [2.05, 4.69) is 21.1 Å². The molecule has 0 radical (unpaired) electrons. The highest BCUT2D eigenvalue weighted by Gasteiger charge is 2.38. The third-order valence-electron chi connectivity index (χ3n) is 6.16. The van der Waals surface area contributed by atoms with Gasteiger partial charge in [0.1, 0.15) is 5.84 Å². The fourth-order valence-corrected chi connectivity index (χ4v) is 4.69. The zero-order valence-electron chi connectivity index (χ0n) is 17.8. The first-order chi connectivity index (χ1) is 15.2. The first kappa shape index (κ1) is 19.8. The van der Waals surface area contributed by atoms with E-state index in [0.29, 0.717) is 25.3 Å². The van der Waals surface area contributed by atoms with Crippen LogP contribution in [0.3, 0.4) is 0 Å². The van der Waals surface area contributed by atoms with Gasteiger partial charge in [-0.05, 0) is 56.0 Å². The van der Waals surface area contributed by atoms with Crippen LogP contribution < -0.4 is 9.47 Å². The Balaban J connectivity index is 1.53. The van der Waals surface area contributed by atoms with E-state index in [1.807, 2.05) is 37.7 Å². The van der Waals surface area contributed by atoms with Crippen molar-refractivity contribution in [2.75, 3.05) is 20.3 Å². The number of aliphatic imine (C=N–C) groups is 2. The Hall–Kier alpha value is -3.13. The molecule has 8 nitrogen and oxygen atoms in total. The molecule has 1 saturated carbocycles. The van der Waals surface area contributed by atoms with Crippen LogP contribution in [0.5, 0.6) is 11.5 Å². The highest BCUT2D eigenvalue weighted by molar-refractivity contribution is 6.07. The molecule has 8 heteroatoms. The molecular weight excluding hydrogens is 394 g/mol. The van der Waals surface area contributed by atoms with Gasteiger partial charge in [0.25, 0.3) is 0 Å². The SMILES string of the molecule is CCOc1cc2c(cc1OC)C(N1C=NC(n3cccn3)=CC1)=N[C@@H]1CC[C@@H](O)C[C@H]21. The molecule has 3 heterocycles. The van der Waals surface area contributed by atoms with E-state index in [9.17, 15) is 5.11 Å². The van der Waals surface area contributed by atoms with Gasteiger partial charge < -0.3 is 19.5 Å². The lowest BCUT2D eigenvalue weighted by molar-refractivity contribution is 0.110. The maximum atomic E-state index is 10.3. The molecule has 162 valence electrons. The normalized spacial score (nSPS) is 24.7. The summed E-state index contributed by atoms with van der Waals surface area (Å²) in [6.45, 7) is 3.17. The van der Waals surface area contributed by atoms with Crippen LogP contribution in [0.25, 0.3) is 5.82 Å². The predicted octanol–water partition coefficient (Wildman–Crippen LogP) is 2.89. The van der Waals surface area contributed by atoms with Crippen molar-refractivity contribution in [2.24, 2.45) is 9.98 Å². The van der Waals surface area contributed by atoms with E-state index in [0.717, 1.165) is 41.4 Å². The molecule has 1 aromatic carbocycles. The minimum absolute atomic E-state index is 0.138. The monoisotopic (exact) mass is 421 g/mol. The molecule has 5 rings (SSSR count). The Kier molecular flexibility index (Phi) is 5.23. The number of benzene rings is 1. The Morgan fingerprint density at radius 2 is 2.13 bits per heavy atom. The van der Waals surface area contributed by atoms with Crippen molar-refractivity contribution in [3.63, 3.8) is 0 Å². The second kappa shape index (κ2) is 8.19. The maximum absolute atomic E-state index is 10.3. The van der Waals surface area contributed by atoms with Gasteiger partial charge in [-0.1, -0.05) is 0 Å². The van der Waals surface area contributed by atoms with E-state index < -0.39 is 0 Å². The van der Waals surface area contributed by atoms with Crippen molar-refractivity contribution in [1.29, 1.82) is 0 Å². The topological polar surface area (TPSA) is 84.5 Å². The van der Waals surface area contributed by atoms with Crippen molar-refractivity contribution >= 4 is 18.0 Å². The molecule has 1 fully saturated rings. The van der Waals surface area contributed by atoms with Crippen LogP contribution in [0.1, 0.15) is 43.2 Å². The van der Waals surface area contributed by atoms with Gasteiger partial charge in [-0.15, -0.1) is 0 Å². The van der Waals surface area contributed by atoms with E-state index in [-0.39, 0.29) is 18.1 Å². The molecule has 0 saturated heterocycles. The van der Waals surface area contributed by atoms with E-state index in [4.69, 9.17) is 14.5 Å². The van der Waals surface area contributed by atoms with Gasteiger partial charge in [0, 0.05) is 30.4 Å². The summed E-state index contributed by atoms with van der Waals surface area (Å²) in [5.41, 5.74) is 2.17. The Morgan fingerprint density at radius 3 is 2.84 bits per heavy atom. The molecule has 3 atom stereocenters. The number of aliphatic hydroxyl groups excluding tert-OH is 1. The summed E-state index contributed by atoms with van der Waals surface area (Å²) < 4.78 is 13.2. The number of aromatic nitrogens is 2. The number of fused-ring (bicyclic) bond motifs is 3. The molecule has 0 unspecified atom stereocenters. The highest BCUT2D eigenvalue weighted by atomic mass is 16.5. The van der Waals surface area contributed by atoms with E-state index in [1.165, 1.54) is 0 Å². The molecular formula is C23H27N5O3. The van der Waals surface area contributed by atoms with Gasteiger partial charge in [0.2, 0.25) is 0 Å². The van der Waals surface area contributed by atoms with E-state index >= 15 is 0 Å². The van der Waals surface area contributed by atoms with Gasteiger partial charge >= 0.3 is 0 Å². The lowest BCUT2D eigenvalue weighted by Gasteiger charge is -2.39. The first-order valence-corrected chi connectivity index (χ1v) is 10.8. The third-order valence-corrected chi connectivity index (χ3v) is 6.16. The third kappa shape index (κ3) is 3.61. The van der Waals surface area contributed by atoms with Crippen molar-refractivity contribution in [1.82, 2.24) is 14.7 Å². The summed E-state index contributed by atoms with van der Waals surface area (Å²) in [5.74, 6) is 3.26. The predicted molar refractivity (Wildman–Crippen MR) is 119 cm³/mol. The van der Waals surface area contributed by atoms with Crippen LogP contribution in [0, 0.1) is 0 Å². The summed E-state index contributed by atoms with van der Waals surface area (Å²) in [6.07, 6.45) is 9.54. The van der Waals surface area contributed by atoms with Gasteiger partial charge in [-0.2, -0.15) is 5.10 Å². The Morgan fingerprint density at radius 1 is 1.23 bits per heavy atom. The van der Waals surface area contributed by atoms with Crippen LogP contribution in [-0.2, 0) is 0 Å². The molecule has 2 aliphatic heterocycles. The molecule has 0 spiro atoms. The fourth-order valence-electron chi connectivity index (χ4n) is 4.69. The molecule has 1 N–H and O–H groups in total. The highest BCUT2D eigenvalue weighted by Crippen LogP contribution is 2.44. The number of rotatable bonds is 4. The minimum atomic E-state index is -0.292. The average Bonchev–Trinajstić information content (AvgIpc) is 3.34. The smallest absolute Gasteiger partial charge is 0.161 e. The average molecular weight is 422 g/mol. The lowest BCUT2D eigenvalue weighted by Crippen LogP contribution is -2.41. The minimum Gasteiger partial charge on any atom is -0.493 e. The number of aliphatic hydroxyl groups is 1. The number of hydrogen-bond donors (Lipinski definition) is 1. The van der Waals surface area contributed by atoms with Crippen LogP contribution in [0.15, 0.2) is 46.7 Å². The second-order valence-electron chi connectivity index (χ2n) is 8.03. The van der Waals surface area contributed by atoms with Crippen LogP contribution in [-0.4, -0.2) is 64.4 Å². The molecule has 1 aromatic heterocycles. The first-order valence-electron chi connectivity index (χ1n) is 10.8. The van der Waals surface area contributed by atoms with Gasteiger partial charge in [-0.3, -0.25) is 4.99 Å². The zero-order valence-corrected chi connectivity index (χ0v) is 17.8. The van der Waals surface area contributed by atoms with Crippen molar-refractivity contribution in [3.05, 3.63) is 47.8 Å². The quantitative estimate of drug-likeness (QED) is 0.821. The number of ether oxygens (including phenoxy) is 2. The van der Waals surface area contributed by atoms with Crippen LogP contribution in [0.4, 0.5) is 0 Å². The molecule has 0 amide bonds. The summed E-state index contributed by atoms with van der Waals surface area (Å²) >= 11 is 0. The zero-order chi connectivity index (χ0) is 21.4. The van der Waals surface area contributed by atoms with Crippen molar-refractivity contribution in [2.45, 2.75) is 44.2 Å². The van der Waals surface area contributed by atoms with E-state index in [1.54, 1.807) is 18.0 Å². The molecule has 1 aliphatic carbocycles. The van der Waals surface area contributed by atoms with Crippen LogP contribution in [0.2, 0.25) is 0 Å². The maximum Gasteiger partial charge on any atom is 0.161 e. The van der Waals surface area contributed by atoms with Crippen molar-refractivity contribution in [3.8, 4) is 11.5 Å². The Labute approximate surface area is 181 Å². The number of methoxy groups -OCH3 is 1. The molecule has 3 aliphatic rings. The van der Waals surface area contributed by atoms with Crippen molar-refractivity contribution < 1.29 is 14.6 Å². The Bertz CT molecular complexity index is 1040. The fraction of sp³-hybridized carbons (Fsp3) is 0.435. The summed E-state index contributed by atoms with van der Waals surface area (Å²) in [6, 6.07) is 6.11. The molecule has 31 heavy (non-hydrogen) atoms. The summed E-state index contributed by atoms with van der Waals surface area (Å²) in [4.78, 5) is 11.8. The summed E-state index contributed by atoms with van der Waals surface area (Å²) in [5, 5.41) is 14.6. The number of amidine groups is 1. The van der Waals surface area contributed by atoms with Gasteiger partial charge in [0.15, 0.2) is 17.3 Å². The number of hydrogen-bond acceptors (Lipinski definition) is 7. The number of nitrogens with zero attached hydrogens (tertiary/aromatic N) is 5. The van der Waals surface area contributed by atoms with Gasteiger partial charge in [-0.25, -0.2) is 9.67 Å². The van der Waals surface area contributed by atoms with Gasteiger partial charge in [0.05, 0.1) is 32.2 Å². The lowest BCUT2D eigenvalue weighted by atomic mass is 9.75. The molecule has 2 aromatic rings. The standard InChI is InChI=1S/C23H27N5O3/c1-3-31-21-12-16-17-11-15(29)5-6-19(17)26-23(18(16)13-20(21)30-2)27-10-7-22(24-14-27)28-9-4-8-25-28/h4,7-9,12-15,17,19,29H,3,5-6,10-11H2,1-2H3/t15-,17-,19-/m1/s1. The largest absolute Gasteiger partial charge is 0.493 e. The second-order valence-corrected chi connectivity index (χ2v) is 8.03. The molecule has 0 bridgehead atoms.